The maximum atomic E-state index is 14.5. The lowest BCUT2D eigenvalue weighted by atomic mass is 9.90. The Morgan fingerprint density at radius 3 is 2.27 bits per heavy atom. The number of aromatic nitrogens is 1. The molecule has 2 nitrogen and oxygen atoms in total. The van der Waals surface area contributed by atoms with E-state index in [0.29, 0.717) is 17.1 Å². The summed E-state index contributed by atoms with van der Waals surface area (Å²) in [5.41, 5.74) is 9.59. The van der Waals surface area contributed by atoms with Crippen molar-refractivity contribution in [2.75, 3.05) is 0 Å². The minimum absolute atomic E-state index is 0.223. The molecule has 0 aliphatic heterocycles. The van der Waals surface area contributed by atoms with Gasteiger partial charge in [-0.1, -0.05) is 43.7 Å². The molecule has 2 heterocycles. The van der Waals surface area contributed by atoms with Crippen molar-refractivity contribution in [2.24, 2.45) is 7.05 Å². The largest absolute Gasteiger partial charge is 0.455 e. The molecule has 0 unspecified atom stereocenters. The molecule has 3 aromatic carbocycles. The van der Waals surface area contributed by atoms with E-state index in [1.807, 2.05) is 13.0 Å². The first-order valence-corrected chi connectivity index (χ1v) is 17.2. The molecule has 5 aromatic rings. The quantitative estimate of drug-likeness (QED) is 0.176. The highest BCUT2D eigenvalue weighted by Gasteiger charge is 2.30. The zero-order valence-corrected chi connectivity index (χ0v) is 24.2. The van der Waals surface area contributed by atoms with Crippen molar-refractivity contribution in [1.29, 1.82) is 0 Å². The summed E-state index contributed by atoms with van der Waals surface area (Å²) in [7, 11) is 0.741. The third kappa shape index (κ3) is 3.75. The number of nitrogens with zero attached hydrogens (tertiary/aromatic N) is 1. The molecule has 37 heavy (non-hydrogen) atoms. The van der Waals surface area contributed by atoms with E-state index in [1.54, 1.807) is 6.07 Å². The predicted molar refractivity (Wildman–Crippen MR) is 156 cm³/mol. The molecule has 2 aromatic heterocycles. The molecular weight excluding hydrogens is 473 g/mol. The summed E-state index contributed by atoms with van der Waals surface area (Å²) in [5, 5.41) is 4.96. The summed E-state index contributed by atoms with van der Waals surface area (Å²) >= 11 is 0. The van der Waals surface area contributed by atoms with Crippen molar-refractivity contribution in [3.63, 3.8) is 0 Å². The second-order valence-electron chi connectivity index (χ2n) is 12.2. The highest BCUT2D eigenvalue weighted by atomic mass is 28.3. The van der Waals surface area contributed by atoms with Gasteiger partial charge in [-0.2, -0.15) is 4.57 Å². The van der Waals surface area contributed by atoms with Crippen LogP contribution in [0.15, 0.2) is 46.9 Å². The highest BCUT2D eigenvalue weighted by molar-refractivity contribution is 6.88. The van der Waals surface area contributed by atoms with Crippen LogP contribution in [0.25, 0.3) is 44.1 Å². The Bertz CT molecular complexity index is 1720. The lowest BCUT2D eigenvalue weighted by molar-refractivity contribution is -0.633. The molecular formula is C33H37FNOSi+. The molecule has 0 amide bonds. The molecule has 4 heteroatoms. The van der Waals surface area contributed by atoms with Crippen molar-refractivity contribution in [3.05, 3.63) is 70.5 Å². The first kappa shape index (κ1) is 24.4. The zero-order chi connectivity index (χ0) is 26.2. The number of fused-ring (bicyclic) bond motifs is 4. The Morgan fingerprint density at radius 2 is 1.57 bits per heavy atom. The van der Waals surface area contributed by atoms with Crippen LogP contribution in [0.3, 0.4) is 0 Å². The fraction of sp³-hybridized carbons (Fsp3) is 0.364. The van der Waals surface area contributed by atoms with Gasteiger partial charge in [-0.15, -0.1) is 0 Å². The van der Waals surface area contributed by atoms with Crippen LogP contribution < -0.4 is 9.75 Å². The van der Waals surface area contributed by atoms with E-state index in [1.165, 1.54) is 64.2 Å². The molecule has 0 saturated heterocycles. The van der Waals surface area contributed by atoms with Crippen LogP contribution in [0.5, 0.6) is 0 Å². The van der Waals surface area contributed by atoms with Gasteiger partial charge in [-0.25, -0.2) is 4.39 Å². The lowest BCUT2D eigenvalue weighted by Crippen LogP contribution is -2.39. The van der Waals surface area contributed by atoms with Crippen LogP contribution in [0.2, 0.25) is 19.6 Å². The Hall–Kier alpha value is -2.98. The number of benzene rings is 3. The van der Waals surface area contributed by atoms with Gasteiger partial charge >= 0.3 is 0 Å². The smallest absolute Gasteiger partial charge is 0.217 e. The number of halogens is 1. The van der Waals surface area contributed by atoms with Crippen molar-refractivity contribution >= 4 is 46.1 Å². The predicted octanol–water partition coefficient (Wildman–Crippen LogP) is 8.50. The maximum Gasteiger partial charge on any atom is 0.217 e. The van der Waals surface area contributed by atoms with Gasteiger partial charge in [0.2, 0.25) is 11.2 Å². The molecule has 0 atom stereocenters. The van der Waals surface area contributed by atoms with Gasteiger partial charge in [0.25, 0.3) is 0 Å². The summed E-state index contributed by atoms with van der Waals surface area (Å²) < 4.78 is 23.4. The SMILES string of the molecule is Cc1cc2c(oc3c(C)c(F)ccc32)c(-c2cc(C3CCCC3)c3cc([Si](C)(C)C)ccc3[n+]2C)c1C. The molecule has 0 N–H and O–H groups in total. The van der Waals surface area contributed by atoms with E-state index in [9.17, 15) is 4.39 Å². The van der Waals surface area contributed by atoms with E-state index >= 15 is 0 Å². The third-order valence-electron chi connectivity index (χ3n) is 8.87. The minimum Gasteiger partial charge on any atom is -0.455 e. The molecule has 190 valence electrons. The van der Waals surface area contributed by atoms with E-state index in [0.717, 1.165) is 21.9 Å². The normalized spacial score (nSPS) is 15.0. The Morgan fingerprint density at radius 1 is 0.838 bits per heavy atom. The van der Waals surface area contributed by atoms with Crippen LogP contribution in [0, 0.1) is 26.6 Å². The molecule has 0 radical (unpaired) electrons. The molecule has 0 bridgehead atoms. The number of hydrogen-bond donors (Lipinski definition) is 0. The van der Waals surface area contributed by atoms with Gasteiger partial charge in [0, 0.05) is 33.9 Å². The van der Waals surface area contributed by atoms with Crippen molar-refractivity contribution in [2.45, 2.75) is 72.0 Å². The Labute approximate surface area is 220 Å². The molecule has 0 spiro atoms. The van der Waals surface area contributed by atoms with E-state index in [4.69, 9.17) is 4.42 Å². The summed E-state index contributed by atoms with van der Waals surface area (Å²) in [6.07, 6.45) is 5.12. The molecule has 1 saturated carbocycles. The second-order valence-corrected chi connectivity index (χ2v) is 17.3. The first-order valence-electron chi connectivity index (χ1n) is 13.7. The summed E-state index contributed by atoms with van der Waals surface area (Å²) in [5.74, 6) is 0.367. The summed E-state index contributed by atoms with van der Waals surface area (Å²) in [4.78, 5) is 0. The first-order chi connectivity index (χ1) is 17.6. The maximum absolute atomic E-state index is 14.5. The van der Waals surface area contributed by atoms with Gasteiger partial charge in [0.05, 0.1) is 13.6 Å². The van der Waals surface area contributed by atoms with E-state index < -0.39 is 8.07 Å². The average Bonchev–Trinajstić information content (AvgIpc) is 3.51. The standard InChI is InChI=1S/C33H37FNOSi/c1-19-16-27-24-13-14-28(34)21(3)32(24)36-33(27)31(20(19)2)30-18-25(22-10-8-9-11-22)26-17-23(37(5,6)7)12-15-29(26)35(30)4/h12-18,22H,8-11H2,1-7H3/q+1. The van der Waals surface area contributed by atoms with Crippen molar-refractivity contribution in [3.8, 4) is 11.3 Å². The Kier molecular flexibility index (Phi) is 5.61. The number of hydrogen-bond acceptors (Lipinski definition) is 1. The van der Waals surface area contributed by atoms with E-state index in [-0.39, 0.29) is 5.82 Å². The van der Waals surface area contributed by atoms with Gasteiger partial charge < -0.3 is 4.42 Å². The van der Waals surface area contributed by atoms with Gasteiger partial charge in [0.15, 0.2) is 0 Å². The average molecular weight is 511 g/mol. The minimum atomic E-state index is -1.44. The lowest BCUT2D eigenvalue weighted by Gasteiger charge is -2.20. The van der Waals surface area contributed by atoms with E-state index in [2.05, 4.69) is 75.4 Å². The fourth-order valence-electron chi connectivity index (χ4n) is 6.41. The number of aryl methyl sites for hydroxylation is 3. The van der Waals surface area contributed by atoms with Crippen LogP contribution >= 0.6 is 0 Å². The van der Waals surface area contributed by atoms with Crippen LogP contribution in [0.1, 0.15) is 53.9 Å². The topological polar surface area (TPSA) is 17.0 Å². The second kappa shape index (κ2) is 8.52. The molecule has 6 rings (SSSR count). The Balaban J connectivity index is 1.73. The monoisotopic (exact) mass is 510 g/mol. The van der Waals surface area contributed by atoms with Crippen LogP contribution in [-0.2, 0) is 7.05 Å². The summed E-state index contributed by atoms with van der Waals surface area (Å²) in [6, 6.07) is 15.3. The number of rotatable bonds is 3. The fourth-order valence-corrected chi connectivity index (χ4v) is 7.57. The molecule has 1 aliphatic carbocycles. The summed E-state index contributed by atoms with van der Waals surface area (Å²) in [6.45, 7) is 13.5. The van der Waals surface area contributed by atoms with Gasteiger partial charge in [-0.3, -0.25) is 0 Å². The van der Waals surface area contributed by atoms with Crippen molar-refractivity contribution < 1.29 is 13.4 Å². The molecule has 1 fully saturated rings. The van der Waals surface area contributed by atoms with Gasteiger partial charge in [0.1, 0.15) is 24.0 Å². The third-order valence-corrected chi connectivity index (χ3v) is 10.9. The molecule has 1 aliphatic rings. The van der Waals surface area contributed by atoms with Gasteiger partial charge in [-0.05, 0) is 80.5 Å². The number of pyridine rings is 1. The number of furan rings is 1. The zero-order valence-electron chi connectivity index (χ0n) is 23.2. The highest BCUT2D eigenvalue weighted by Crippen LogP contribution is 2.43. The van der Waals surface area contributed by atoms with Crippen LogP contribution in [0.4, 0.5) is 4.39 Å². The van der Waals surface area contributed by atoms with Crippen molar-refractivity contribution in [1.82, 2.24) is 0 Å². The van der Waals surface area contributed by atoms with Crippen LogP contribution in [-0.4, -0.2) is 8.07 Å².